The third kappa shape index (κ3) is 5.31. The van der Waals surface area contributed by atoms with Crippen molar-refractivity contribution in [2.45, 2.75) is 0 Å². The average molecular weight is 584 g/mol. The van der Waals surface area contributed by atoms with Gasteiger partial charge in [0.2, 0.25) is 0 Å². The standard InChI is InChI=1S/C28H23Cl2N3O5S/c1-37-25-15-17(2-9-24(25)34)14-21-26(35)32(20-6-4-19(5-7-20)31-10-12-38-13-11-31)28(39)33(27(21)36)23-16-18(29)3-8-22(23)30/h2-9,14-16,34H,10-13H2,1H3/b21-14-. The third-order valence-corrected chi connectivity index (χ3v) is 7.32. The number of methoxy groups -OCH3 is 1. The van der Waals surface area contributed by atoms with Gasteiger partial charge in [-0.15, -0.1) is 0 Å². The number of phenols is 1. The lowest BCUT2D eigenvalue weighted by Gasteiger charge is -2.37. The van der Waals surface area contributed by atoms with Gasteiger partial charge in [0.1, 0.15) is 5.57 Å². The second kappa shape index (κ2) is 11.2. The Labute approximate surface area is 240 Å². The number of carbonyl (C=O) groups is 2. The van der Waals surface area contributed by atoms with Crippen LogP contribution in [0.3, 0.4) is 0 Å². The van der Waals surface area contributed by atoms with E-state index in [2.05, 4.69) is 4.90 Å². The van der Waals surface area contributed by atoms with Crippen LogP contribution in [0.1, 0.15) is 5.56 Å². The molecule has 3 aromatic rings. The molecule has 5 rings (SSSR count). The van der Waals surface area contributed by atoms with Gasteiger partial charge in [-0.25, -0.2) is 0 Å². The van der Waals surface area contributed by atoms with Gasteiger partial charge in [0.15, 0.2) is 16.6 Å². The molecule has 0 saturated carbocycles. The average Bonchev–Trinajstić information content (AvgIpc) is 2.94. The van der Waals surface area contributed by atoms with Crippen molar-refractivity contribution in [3.63, 3.8) is 0 Å². The Morgan fingerprint density at radius 2 is 1.59 bits per heavy atom. The molecule has 3 aromatic carbocycles. The van der Waals surface area contributed by atoms with Crippen molar-refractivity contribution in [3.8, 4) is 11.5 Å². The summed E-state index contributed by atoms with van der Waals surface area (Å²) in [5, 5.41) is 10.5. The molecule has 11 heteroatoms. The van der Waals surface area contributed by atoms with Gasteiger partial charge in [0.05, 0.1) is 36.7 Å². The van der Waals surface area contributed by atoms with E-state index in [1.807, 2.05) is 12.1 Å². The molecule has 2 aliphatic heterocycles. The maximum absolute atomic E-state index is 13.8. The molecule has 0 spiro atoms. The Hall–Kier alpha value is -3.63. The maximum Gasteiger partial charge on any atom is 0.270 e. The zero-order valence-electron chi connectivity index (χ0n) is 20.8. The van der Waals surface area contributed by atoms with Crippen molar-refractivity contribution in [1.82, 2.24) is 0 Å². The van der Waals surface area contributed by atoms with Crippen LogP contribution in [0, 0.1) is 0 Å². The summed E-state index contributed by atoms with van der Waals surface area (Å²) in [5.74, 6) is -1.15. The highest BCUT2D eigenvalue weighted by atomic mass is 35.5. The summed E-state index contributed by atoms with van der Waals surface area (Å²) in [5.41, 5.74) is 2.01. The fourth-order valence-electron chi connectivity index (χ4n) is 4.41. The SMILES string of the molecule is COc1cc(/C=C2/C(=O)N(c3ccc(N4CCOCC4)cc3)C(=S)N(c3cc(Cl)ccc3Cl)C2=O)ccc1O. The van der Waals surface area contributed by atoms with E-state index in [1.165, 1.54) is 41.2 Å². The van der Waals surface area contributed by atoms with Crippen LogP contribution in [0.4, 0.5) is 17.1 Å². The van der Waals surface area contributed by atoms with Crippen LogP contribution >= 0.6 is 35.4 Å². The maximum atomic E-state index is 13.8. The number of carbonyl (C=O) groups excluding carboxylic acids is 2. The van der Waals surface area contributed by atoms with Gasteiger partial charge in [0, 0.05) is 23.8 Å². The van der Waals surface area contributed by atoms with Crippen LogP contribution in [0.5, 0.6) is 11.5 Å². The number of aromatic hydroxyl groups is 1. The molecule has 2 aliphatic rings. The number of halogens is 2. The fraction of sp³-hybridized carbons (Fsp3) is 0.179. The molecule has 2 fully saturated rings. The van der Waals surface area contributed by atoms with Gasteiger partial charge in [-0.3, -0.25) is 19.4 Å². The fourth-order valence-corrected chi connectivity index (χ4v) is 5.15. The molecular formula is C28H23Cl2N3O5S. The Morgan fingerprint density at radius 3 is 2.28 bits per heavy atom. The first-order chi connectivity index (χ1) is 18.8. The van der Waals surface area contributed by atoms with Crippen LogP contribution in [0.25, 0.3) is 6.08 Å². The van der Waals surface area contributed by atoms with Gasteiger partial charge in [-0.1, -0.05) is 29.3 Å². The Kier molecular flexibility index (Phi) is 7.76. The first-order valence-corrected chi connectivity index (χ1v) is 13.1. The number of amides is 2. The number of anilines is 3. The minimum Gasteiger partial charge on any atom is -0.504 e. The normalized spacial score (nSPS) is 17.3. The van der Waals surface area contributed by atoms with Crippen molar-refractivity contribution in [2.75, 3.05) is 48.1 Å². The number of hydrogen-bond donors (Lipinski definition) is 1. The van der Waals surface area contributed by atoms with E-state index in [0.717, 1.165) is 18.8 Å². The summed E-state index contributed by atoms with van der Waals surface area (Å²) in [4.78, 5) is 32.3. The van der Waals surface area contributed by atoms with Gasteiger partial charge in [-0.05, 0) is 78.5 Å². The molecule has 200 valence electrons. The lowest BCUT2D eigenvalue weighted by Crippen LogP contribution is -2.57. The Bertz CT molecular complexity index is 1490. The van der Waals surface area contributed by atoms with Crippen LogP contribution in [0.2, 0.25) is 10.0 Å². The summed E-state index contributed by atoms with van der Waals surface area (Å²) in [6.07, 6.45) is 1.43. The minimum absolute atomic E-state index is 0.0614. The van der Waals surface area contributed by atoms with E-state index in [4.69, 9.17) is 44.9 Å². The van der Waals surface area contributed by atoms with E-state index in [9.17, 15) is 14.7 Å². The summed E-state index contributed by atoms with van der Waals surface area (Å²) in [6, 6.07) is 16.5. The highest BCUT2D eigenvalue weighted by molar-refractivity contribution is 7.81. The van der Waals surface area contributed by atoms with Crippen molar-refractivity contribution < 1.29 is 24.2 Å². The second-order valence-corrected chi connectivity index (χ2v) is 9.97. The van der Waals surface area contributed by atoms with E-state index >= 15 is 0 Å². The van der Waals surface area contributed by atoms with E-state index in [1.54, 1.807) is 30.3 Å². The summed E-state index contributed by atoms with van der Waals surface area (Å²) < 4.78 is 10.6. The number of nitrogens with zero attached hydrogens (tertiary/aromatic N) is 3. The number of phenolic OH excluding ortho intramolecular Hbond substituents is 1. The topological polar surface area (TPSA) is 82.6 Å². The smallest absolute Gasteiger partial charge is 0.270 e. The van der Waals surface area contributed by atoms with Crippen LogP contribution < -0.4 is 19.4 Å². The molecule has 0 radical (unpaired) electrons. The molecule has 0 aliphatic carbocycles. The first kappa shape index (κ1) is 27.0. The van der Waals surface area contributed by atoms with Gasteiger partial charge in [-0.2, -0.15) is 0 Å². The second-order valence-electron chi connectivity index (χ2n) is 8.76. The zero-order valence-corrected chi connectivity index (χ0v) is 23.1. The summed E-state index contributed by atoms with van der Waals surface area (Å²) >= 11 is 18.4. The van der Waals surface area contributed by atoms with Gasteiger partial charge < -0.3 is 19.5 Å². The van der Waals surface area contributed by atoms with Crippen molar-refractivity contribution in [3.05, 3.63) is 81.8 Å². The number of thiocarbonyl (C=S) groups is 1. The predicted octanol–water partition coefficient (Wildman–Crippen LogP) is 5.29. The van der Waals surface area contributed by atoms with Crippen molar-refractivity contribution in [2.24, 2.45) is 0 Å². The molecule has 2 heterocycles. The predicted molar refractivity (Wildman–Crippen MR) is 156 cm³/mol. The highest BCUT2D eigenvalue weighted by Gasteiger charge is 2.42. The molecule has 2 amide bonds. The largest absolute Gasteiger partial charge is 0.504 e. The molecule has 0 bridgehead atoms. The van der Waals surface area contributed by atoms with Gasteiger partial charge in [0.25, 0.3) is 11.8 Å². The first-order valence-electron chi connectivity index (χ1n) is 12.0. The number of hydrogen-bond acceptors (Lipinski definition) is 7. The summed E-state index contributed by atoms with van der Waals surface area (Å²) in [6.45, 7) is 2.81. The van der Waals surface area contributed by atoms with E-state index in [0.29, 0.717) is 29.5 Å². The van der Waals surface area contributed by atoms with E-state index in [-0.39, 0.29) is 32.9 Å². The molecule has 1 N–H and O–H groups in total. The van der Waals surface area contributed by atoms with E-state index < -0.39 is 11.8 Å². The molecular weight excluding hydrogens is 561 g/mol. The Balaban J connectivity index is 1.60. The quantitative estimate of drug-likeness (QED) is 0.248. The third-order valence-electron chi connectivity index (χ3n) is 6.40. The lowest BCUT2D eigenvalue weighted by atomic mass is 10.0. The molecule has 0 aromatic heterocycles. The number of ether oxygens (including phenoxy) is 2. The molecule has 0 unspecified atom stereocenters. The molecule has 8 nitrogen and oxygen atoms in total. The monoisotopic (exact) mass is 583 g/mol. The minimum atomic E-state index is -0.664. The zero-order chi connectivity index (χ0) is 27.7. The highest BCUT2D eigenvalue weighted by Crippen LogP contribution is 2.36. The lowest BCUT2D eigenvalue weighted by molar-refractivity contribution is -0.120. The van der Waals surface area contributed by atoms with Crippen LogP contribution in [0.15, 0.2) is 66.2 Å². The number of morpholine rings is 1. The number of rotatable bonds is 5. The summed E-state index contributed by atoms with van der Waals surface area (Å²) in [7, 11) is 1.41. The van der Waals surface area contributed by atoms with Crippen molar-refractivity contribution in [1.29, 1.82) is 0 Å². The Morgan fingerprint density at radius 1 is 0.923 bits per heavy atom. The van der Waals surface area contributed by atoms with Crippen LogP contribution in [-0.2, 0) is 14.3 Å². The molecule has 0 atom stereocenters. The van der Waals surface area contributed by atoms with Crippen molar-refractivity contribution >= 4 is 75.5 Å². The molecule has 2 saturated heterocycles. The number of benzene rings is 3. The van der Waals surface area contributed by atoms with Gasteiger partial charge >= 0.3 is 0 Å². The van der Waals surface area contributed by atoms with Crippen LogP contribution in [-0.4, -0.2) is 55.4 Å². The molecule has 39 heavy (non-hydrogen) atoms.